The first-order valence-corrected chi connectivity index (χ1v) is 5.72. The summed E-state index contributed by atoms with van der Waals surface area (Å²) in [6.45, 7) is 0. The molecule has 1 aromatic carbocycles. The van der Waals surface area contributed by atoms with E-state index in [0.29, 0.717) is 0 Å². The third-order valence-electron chi connectivity index (χ3n) is 2.32. The second-order valence-electron chi connectivity index (χ2n) is 3.47. The molecule has 4 heteroatoms. The first-order chi connectivity index (χ1) is 7.83. The third-order valence-corrected chi connectivity index (χ3v) is 3.35. The largest absolute Gasteiger partial charge is 0.399 e. The highest BCUT2D eigenvalue weighted by atomic mass is 32.1. The van der Waals surface area contributed by atoms with Crippen molar-refractivity contribution in [2.75, 3.05) is 5.73 Å². The number of fused-ring (bicyclic) bond motifs is 1. The fourth-order valence-electron chi connectivity index (χ4n) is 1.52. The predicted octanol–water partition coefficient (Wildman–Crippen LogP) is 2.94. The number of benzene rings is 1. The van der Waals surface area contributed by atoms with E-state index in [2.05, 4.69) is 9.97 Å². The summed E-state index contributed by atoms with van der Waals surface area (Å²) in [6, 6.07) is 11.6. The Balaban J connectivity index is 2.15. The van der Waals surface area contributed by atoms with Gasteiger partial charge in [0.1, 0.15) is 15.4 Å². The Morgan fingerprint density at radius 2 is 1.88 bits per heavy atom. The van der Waals surface area contributed by atoms with Crippen LogP contribution in [0.25, 0.3) is 20.9 Å². The standard InChI is InChI=1S/C12H9N3S/c13-9-5-3-8(4-6-9)11-15-10-2-1-7-14-12(10)16-11/h1-7H,13H2. The van der Waals surface area contributed by atoms with E-state index in [1.54, 1.807) is 17.5 Å². The quantitative estimate of drug-likeness (QED) is 0.650. The maximum Gasteiger partial charge on any atom is 0.143 e. The summed E-state index contributed by atoms with van der Waals surface area (Å²) < 4.78 is 0. The average molecular weight is 227 g/mol. The molecule has 0 saturated carbocycles. The molecule has 0 fully saturated rings. The molecule has 0 aliphatic heterocycles. The van der Waals surface area contributed by atoms with E-state index in [1.165, 1.54) is 0 Å². The van der Waals surface area contributed by atoms with Crippen molar-refractivity contribution in [2.24, 2.45) is 0 Å². The van der Waals surface area contributed by atoms with Gasteiger partial charge in [-0.2, -0.15) is 0 Å². The summed E-state index contributed by atoms with van der Waals surface area (Å²) >= 11 is 1.59. The van der Waals surface area contributed by atoms with Crippen molar-refractivity contribution in [3.05, 3.63) is 42.6 Å². The Hall–Kier alpha value is -1.94. The highest BCUT2D eigenvalue weighted by Crippen LogP contribution is 2.28. The van der Waals surface area contributed by atoms with Crippen LogP contribution < -0.4 is 5.73 Å². The normalized spacial score (nSPS) is 10.8. The van der Waals surface area contributed by atoms with Crippen LogP contribution in [0.3, 0.4) is 0 Å². The fraction of sp³-hybridized carbons (Fsp3) is 0. The van der Waals surface area contributed by atoms with Crippen molar-refractivity contribution in [3.8, 4) is 10.6 Å². The van der Waals surface area contributed by atoms with Crippen molar-refractivity contribution in [2.45, 2.75) is 0 Å². The summed E-state index contributed by atoms with van der Waals surface area (Å²) in [7, 11) is 0. The van der Waals surface area contributed by atoms with Crippen LogP contribution in [0.5, 0.6) is 0 Å². The Morgan fingerprint density at radius 1 is 1.06 bits per heavy atom. The molecule has 2 aromatic heterocycles. The lowest BCUT2D eigenvalue weighted by Gasteiger charge is -1.95. The first kappa shape index (κ1) is 9.30. The first-order valence-electron chi connectivity index (χ1n) is 4.90. The van der Waals surface area contributed by atoms with Crippen LogP contribution in [0, 0.1) is 0 Å². The summed E-state index contributed by atoms with van der Waals surface area (Å²) in [6.07, 6.45) is 1.78. The van der Waals surface area contributed by atoms with Gasteiger partial charge in [-0.1, -0.05) is 11.3 Å². The fourth-order valence-corrected chi connectivity index (χ4v) is 2.43. The maximum absolute atomic E-state index is 5.65. The molecule has 3 rings (SSSR count). The van der Waals surface area contributed by atoms with Crippen LogP contribution in [-0.2, 0) is 0 Å². The number of hydrogen-bond donors (Lipinski definition) is 1. The maximum atomic E-state index is 5.65. The van der Waals surface area contributed by atoms with Gasteiger partial charge < -0.3 is 5.73 Å². The van der Waals surface area contributed by atoms with Gasteiger partial charge in [0.15, 0.2) is 0 Å². The number of rotatable bonds is 1. The van der Waals surface area contributed by atoms with Crippen LogP contribution in [-0.4, -0.2) is 9.97 Å². The lowest BCUT2D eigenvalue weighted by molar-refractivity contribution is 1.41. The molecule has 0 spiro atoms. The molecule has 2 N–H and O–H groups in total. The van der Waals surface area contributed by atoms with Gasteiger partial charge >= 0.3 is 0 Å². The molecule has 16 heavy (non-hydrogen) atoms. The Kier molecular flexibility index (Phi) is 2.08. The second-order valence-corrected chi connectivity index (χ2v) is 4.45. The molecule has 0 aliphatic carbocycles. The van der Waals surface area contributed by atoms with Gasteiger partial charge in [-0.15, -0.1) is 0 Å². The molecule has 78 valence electrons. The van der Waals surface area contributed by atoms with Crippen molar-refractivity contribution < 1.29 is 0 Å². The molecule has 3 nitrogen and oxygen atoms in total. The molecule has 0 saturated heterocycles. The van der Waals surface area contributed by atoms with E-state index in [1.807, 2.05) is 36.4 Å². The lowest BCUT2D eigenvalue weighted by Crippen LogP contribution is -1.83. The molecule has 0 unspecified atom stereocenters. The van der Waals surface area contributed by atoms with E-state index in [9.17, 15) is 0 Å². The molecular weight excluding hydrogens is 218 g/mol. The van der Waals surface area contributed by atoms with Crippen LogP contribution in [0.4, 0.5) is 5.69 Å². The number of aromatic nitrogens is 2. The number of thiazole rings is 1. The highest BCUT2D eigenvalue weighted by Gasteiger charge is 2.05. The third kappa shape index (κ3) is 1.53. The van der Waals surface area contributed by atoms with Gasteiger partial charge in [0.25, 0.3) is 0 Å². The van der Waals surface area contributed by atoms with Crippen LogP contribution in [0.2, 0.25) is 0 Å². The Bertz CT molecular complexity index is 595. The van der Waals surface area contributed by atoms with Crippen LogP contribution in [0.15, 0.2) is 42.6 Å². The number of pyridine rings is 1. The predicted molar refractivity (Wildman–Crippen MR) is 67.3 cm³/mol. The van der Waals surface area contributed by atoms with Gasteiger partial charge in [-0.3, -0.25) is 0 Å². The summed E-state index contributed by atoms with van der Waals surface area (Å²) in [5.74, 6) is 0. The minimum Gasteiger partial charge on any atom is -0.399 e. The molecular formula is C12H9N3S. The number of hydrogen-bond acceptors (Lipinski definition) is 4. The van der Waals surface area contributed by atoms with Gasteiger partial charge in [-0.05, 0) is 36.4 Å². The number of nitrogens with two attached hydrogens (primary N) is 1. The average Bonchev–Trinajstić information content (AvgIpc) is 2.73. The van der Waals surface area contributed by atoms with E-state index < -0.39 is 0 Å². The second kappa shape index (κ2) is 3.57. The Labute approximate surface area is 96.6 Å². The SMILES string of the molecule is Nc1ccc(-c2nc3cccnc3s2)cc1. The van der Waals surface area contributed by atoms with Crippen LogP contribution >= 0.6 is 11.3 Å². The zero-order valence-corrected chi connectivity index (χ0v) is 9.24. The highest BCUT2D eigenvalue weighted by molar-refractivity contribution is 7.21. The van der Waals surface area contributed by atoms with Crippen LogP contribution in [0.1, 0.15) is 0 Å². The van der Waals surface area contributed by atoms with E-state index >= 15 is 0 Å². The van der Waals surface area contributed by atoms with Gasteiger partial charge in [0, 0.05) is 17.4 Å². The smallest absolute Gasteiger partial charge is 0.143 e. The van der Waals surface area contributed by atoms with E-state index in [0.717, 1.165) is 26.6 Å². The lowest BCUT2D eigenvalue weighted by atomic mass is 10.2. The van der Waals surface area contributed by atoms with Gasteiger partial charge in [0.05, 0.1) is 0 Å². The summed E-state index contributed by atoms with van der Waals surface area (Å²) in [5, 5.41) is 0.980. The molecule has 0 radical (unpaired) electrons. The molecule has 0 atom stereocenters. The minimum atomic E-state index is 0.767. The minimum absolute atomic E-state index is 0.767. The number of nitrogen functional groups attached to an aromatic ring is 1. The van der Waals surface area contributed by atoms with E-state index in [4.69, 9.17) is 5.73 Å². The van der Waals surface area contributed by atoms with Crippen molar-refractivity contribution in [1.82, 2.24) is 9.97 Å². The molecule has 0 aliphatic rings. The number of nitrogens with zero attached hydrogens (tertiary/aromatic N) is 2. The number of anilines is 1. The Morgan fingerprint density at radius 3 is 2.62 bits per heavy atom. The summed E-state index contributed by atoms with van der Waals surface area (Å²) in [5.41, 5.74) is 8.44. The molecule has 2 heterocycles. The van der Waals surface area contributed by atoms with Gasteiger partial charge in [0.2, 0.25) is 0 Å². The van der Waals surface area contributed by atoms with Crippen molar-refractivity contribution in [1.29, 1.82) is 0 Å². The molecule has 3 aromatic rings. The zero-order valence-electron chi connectivity index (χ0n) is 8.42. The monoisotopic (exact) mass is 227 g/mol. The van der Waals surface area contributed by atoms with Crippen molar-refractivity contribution >= 4 is 27.4 Å². The van der Waals surface area contributed by atoms with E-state index in [-0.39, 0.29) is 0 Å². The molecule has 0 bridgehead atoms. The zero-order chi connectivity index (χ0) is 11.0. The molecule has 0 amide bonds. The summed E-state index contributed by atoms with van der Waals surface area (Å²) in [4.78, 5) is 9.77. The topological polar surface area (TPSA) is 51.8 Å². The van der Waals surface area contributed by atoms with Crippen molar-refractivity contribution in [3.63, 3.8) is 0 Å². The van der Waals surface area contributed by atoms with Gasteiger partial charge in [-0.25, -0.2) is 9.97 Å².